The second-order valence-electron chi connectivity index (χ2n) is 5.85. The lowest BCUT2D eigenvalue weighted by atomic mass is 10.1. The van der Waals surface area contributed by atoms with Crippen molar-refractivity contribution in [3.63, 3.8) is 0 Å². The minimum atomic E-state index is 0.212. The summed E-state index contributed by atoms with van der Waals surface area (Å²) in [6, 6.07) is 0. The van der Waals surface area contributed by atoms with Crippen LogP contribution in [0.1, 0.15) is 33.1 Å². The Labute approximate surface area is 133 Å². The molecule has 0 atom stereocenters. The zero-order valence-electron chi connectivity index (χ0n) is 13.9. The average Bonchev–Trinajstić information content (AvgIpc) is 2.51. The fourth-order valence-corrected chi connectivity index (χ4v) is 2.18. The van der Waals surface area contributed by atoms with Crippen LogP contribution in [0.15, 0.2) is 4.99 Å². The molecule has 1 saturated heterocycles. The number of rotatable bonds is 8. The summed E-state index contributed by atoms with van der Waals surface area (Å²) in [5, 5.41) is 6.69. The Hall–Kier alpha value is -0.460. The Kier molecular flexibility index (Phi) is 9.11. The number of nitrogens with zero attached hydrogens (tertiary/aromatic N) is 1. The van der Waals surface area contributed by atoms with Gasteiger partial charge in [0.05, 0.1) is 6.10 Å². The summed E-state index contributed by atoms with van der Waals surface area (Å²) in [5.41, 5.74) is 0. The SMILES string of the molecule is CN=C(NCCCOC1CCOCC1)NCC(C)(C)SC. The van der Waals surface area contributed by atoms with Gasteiger partial charge in [-0.1, -0.05) is 0 Å². The van der Waals surface area contributed by atoms with Crippen molar-refractivity contribution in [2.24, 2.45) is 4.99 Å². The van der Waals surface area contributed by atoms with Gasteiger partial charge in [-0.05, 0) is 39.4 Å². The van der Waals surface area contributed by atoms with Crippen LogP contribution in [-0.4, -0.2) is 63.0 Å². The topological polar surface area (TPSA) is 54.9 Å². The predicted octanol–water partition coefficient (Wildman–Crippen LogP) is 1.88. The molecule has 0 saturated carbocycles. The van der Waals surface area contributed by atoms with E-state index in [0.717, 1.165) is 58.1 Å². The quantitative estimate of drug-likeness (QED) is 0.407. The fourth-order valence-electron chi connectivity index (χ4n) is 1.96. The third kappa shape index (κ3) is 8.53. The summed E-state index contributed by atoms with van der Waals surface area (Å²) >= 11 is 1.85. The van der Waals surface area contributed by atoms with Crippen LogP contribution in [0.5, 0.6) is 0 Å². The number of aliphatic imine (C=N–C) groups is 1. The molecule has 2 N–H and O–H groups in total. The molecule has 1 heterocycles. The maximum absolute atomic E-state index is 5.85. The van der Waals surface area contributed by atoms with Crippen molar-refractivity contribution in [2.45, 2.75) is 44.0 Å². The Morgan fingerprint density at radius 1 is 1.33 bits per heavy atom. The summed E-state index contributed by atoms with van der Waals surface area (Å²) < 4.78 is 11.4. The van der Waals surface area contributed by atoms with Crippen LogP contribution in [0.25, 0.3) is 0 Å². The van der Waals surface area contributed by atoms with E-state index in [1.165, 1.54) is 0 Å². The highest BCUT2D eigenvalue weighted by molar-refractivity contribution is 7.99. The van der Waals surface area contributed by atoms with E-state index >= 15 is 0 Å². The highest BCUT2D eigenvalue weighted by Crippen LogP contribution is 2.19. The molecule has 0 aromatic heterocycles. The van der Waals surface area contributed by atoms with Crippen molar-refractivity contribution < 1.29 is 9.47 Å². The first-order valence-corrected chi connectivity index (χ1v) is 8.99. The summed E-state index contributed by atoms with van der Waals surface area (Å²) in [5.74, 6) is 0.864. The third-order valence-electron chi connectivity index (χ3n) is 3.59. The highest BCUT2D eigenvalue weighted by Gasteiger charge is 2.16. The largest absolute Gasteiger partial charge is 0.381 e. The van der Waals surface area contributed by atoms with Crippen LogP contribution in [0, 0.1) is 0 Å². The van der Waals surface area contributed by atoms with Gasteiger partial charge in [-0.3, -0.25) is 4.99 Å². The molecule has 1 fully saturated rings. The molecule has 0 amide bonds. The van der Waals surface area contributed by atoms with Crippen molar-refractivity contribution in [3.05, 3.63) is 0 Å². The third-order valence-corrected chi connectivity index (χ3v) is 4.84. The van der Waals surface area contributed by atoms with Crippen LogP contribution in [-0.2, 0) is 9.47 Å². The molecule has 0 bridgehead atoms. The Balaban J connectivity index is 2.06. The van der Waals surface area contributed by atoms with E-state index in [4.69, 9.17) is 9.47 Å². The van der Waals surface area contributed by atoms with Gasteiger partial charge >= 0.3 is 0 Å². The molecule has 0 aromatic rings. The number of nitrogens with one attached hydrogen (secondary N) is 2. The molecule has 21 heavy (non-hydrogen) atoms. The first-order valence-electron chi connectivity index (χ1n) is 7.76. The van der Waals surface area contributed by atoms with Crippen LogP contribution in [0.3, 0.4) is 0 Å². The summed E-state index contributed by atoms with van der Waals surface area (Å²) in [4.78, 5) is 4.24. The zero-order chi connectivity index (χ0) is 15.6. The van der Waals surface area contributed by atoms with Crippen molar-refractivity contribution >= 4 is 17.7 Å². The van der Waals surface area contributed by atoms with Crippen molar-refractivity contribution in [1.29, 1.82) is 0 Å². The predicted molar refractivity (Wildman–Crippen MR) is 91.4 cm³/mol. The molecule has 1 aliphatic heterocycles. The van der Waals surface area contributed by atoms with Crippen molar-refractivity contribution in [3.8, 4) is 0 Å². The van der Waals surface area contributed by atoms with Crippen LogP contribution < -0.4 is 10.6 Å². The number of hydrogen-bond donors (Lipinski definition) is 2. The van der Waals surface area contributed by atoms with Gasteiger partial charge in [-0.15, -0.1) is 0 Å². The lowest BCUT2D eigenvalue weighted by Gasteiger charge is -2.24. The minimum absolute atomic E-state index is 0.212. The summed E-state index contributed by atoms with van der Waals surface area (Å²) in [6.45, 7) is 8.69. The first kappa shape index (κ1) is 18.6. The molecule has 124 valence electrons. The fraction of sp³-hybridized carbons (Fsp3) is 0.933. The Morgan fingerprint density at radius 2 is 2.05 bits per heavy atom. The molecule has 6 heteroatoms. The van der Waals surface area contributed by atoms with Gasteiger partial charge < -0.3 is 20.1 Å². The van der Waals surface area contributed by atoms with Crippen molar-refractivity contribution in [1.82, 2.24) is 10.6 Å². The van der Waals surface area contributed by atoms with Gasteiger partial charge in [0.15, 0.2) is 5.96 Å². The van der Waals surface area contributed by atoms with E-state index in [9.17, 15) is 0 Å². The lowest BCUT2D eigenvalue weighted by Crippen LogP contribution is -2.43. The van der Waals surface area contributed by atoms with Crippen molar-refractivity contribution in [2.75, 3.05) is 46.2 Å². The second kappa shape index (κ2) is 10.3. The maximum Gasteiger partial charge on any atom is 0.191 e. The van der Waals surface area contributed by atoms with E-state index in [2.05, 4.69) is 35.7 Å². The van der Waals surface area contributed by atoms with E-state index in [0.29, 0.717) is 6.10 Å². The van der Waals surface area contributed by atoms with Gasteiger partial charge in [0, 0.05) is 44.7 Å². The van der Waals surface area contributed by atoms with E-state index in [-0.39, 0.29) is 4.75 Å². The van der Waals surface area contributed by atoms with Crippen LogP contribution in [0.2, 0.25) is 0 Å². The molecular weight excluding hydrogens is 286 g/mol. The minimum Gasteiger partial charge on any atom is -0.381 e. The Bertz CT molecular complexity index is 305. The smallest absolute Gasteiger partial charge is 0.191 e. The highest BCUT2D eigenvalue weighted by atomic mass is 32.2. The monoisotopic (exact) mass is 317 g/mol. The molecular formula is C15H31N3O2S. The summed E-state index contributed by atoms with van der Waals surface area (Å²) in [7, 11) is 1.81. The molecule has 0 aliphatic carbocycles. The molecule has 1 rings (SSSR count). The number of thioether (sulfide) groups is 1. The molecule has 1 aliphatic rings. The molecule has 0 aromatic carbocycles. The average molecular weight is 317 g/mol. The number of hydrogen-bond acceptors (Lipinski definition) is 4. The zero-order valence-corrected chi connectivity index (χ0v) is 14.7. The lowest BCUT2D eigenvalue weighted by molar-refractivity contribution is -0.0320. The summed E-state index contributed by atoms with van der Waals surface area (Å²) in [6.07, 6.45) is 5.56. The molecule has 0 unspecified atom stereocenters. The normalized spacial score (nSPS) is 17.8. The standard InChI is InChI=1S/C15H31N3O2S/c1-15(2,21-4)12-18-14(16-3)17-8-5-9-20-13-6-10-19-11-7-13/h13H,5-12H2,1-4H3,(H2,16,17,18). The van der Waals surface area contributed by atoms with E-state index < -0.39 is 0 Å². The molecule has 0 spiro atoms. The maximum atomic E-state index is 5.85. The van der Waals surface area contributed by atoms with E-state index in [1.54, 1.807) is 7.05 Å². The second-order valence-corrected chi connectivity index (χ2v) is 7.37. The van der Waals surface area contributed by atoms with Crippen LogP contribution in [0.4, 0.5) is 0 Å². The molecule has 5 nitrogen and oxygen atoms in total. The van der Waals surface area contributed by atoms with Gasteiger partial charge in [0.25, 0.3) is 0 Å². The number of guanidine groups is 1. The van der Waals surface area contributed by atoms with E-state index in [1.807, 2.05) is 11.8 Å². The van der Waals surface area contributed by atoms with Gasteiger partial charge in [0.2, 0.25) is 0 Å². The van der Waals surface area contributed by atoms with Gasteiger partial charge in [0.1, 0.15) is 0 Å². The molecule has 0 radical (unpaired) electrons. The Morgan fingerprint density at radius 3 is 2.67 bits per heavy atom. The number of ether oxygens (including phenoxy) is 2. The van der Waals surface area contributed by atoms with Gasteiger partial charge in [-0.2, -0.15) is 11.8 Å². The van der Waals surface area contributed by atoms with Crippen LogP contribution >= 0.6 is 11.8 Å². The van der Waals surface area contributed by atoms with Gasteiger partial charge in [-0.25, -0.2) is 0 Å². The first-order chi connectivity index (χ1) is 10.1.